The van der Waals surface area contributed by atoms with Gasteiger partial charge in [0.25, 0.3) is 5.91 Å². The first kappa shape index (κ1) is 21.8. The van der Waals surface area contributed by atoms with E-state index < -0.39 is 0 Å². The van der Waals surface area contributed by atoms with Gasteiger partial charge >= 0.3 is 0 Å². The number of hydrogen-bond donors (Lipinski definition) is 0. The van der Waals surface area contributed by atoms with Crippen molar-refractivity contribution in [3.05, 3.63) is 47.7 Å². The second-order valence-electron chi connectivity index (χ2n) is 7.93. The number of aryl methyl sites for hydroxylation is 1. The highest BCUT2D eigenvalue weighted by atomic mass is 16.5. The minimum atomic E-state index is -0.347. The summed E-state index contributed by atoms with van der Waals surface area (Å²) in [5, 5.41) is 0. The summed E-state index contributed by atoms with van der Waals surface area (Å²) < 4.78 is 16.7. The maximum atomic E-state index is 13.0. The summed E-state index contributed by atoms with van der Waals surface area (Å²) in [5.74, 6) is 0.783. The lowest BCUT2D eigenvalue weighted by Gasteiger charge is -2.26. The third-order valence-corrected chi connectivity index (χ3v) is 4.96. The zero-order valence-electron chi connectivity index (χ0n) is 18.0. The van der Waals surface area contributed by atoms with Crippen molar-refractivity contribution in [1.29, 1.82) is 0 Å². The summed E-state index contributed by atoms with van der Waals surface area (Å²) in [4.78, 5) is 33.1. The highest BCUT2D eigenvalue weighted by Gasteiger charge is 2.33. The van der Waals surface area contributed by atoms with Gasteiger partial charge in [-0.2, -0.15) is 0 Å². The zero-order valence-corrected chi connectivity index (χ0v) is 18.0. The third-order valence-electron chi connectivity index (χ3n) is 4.96. The highest BCUT2D eigenvalue weighted by Crippen LogP contribution is 2.18. The van der Waals surface area contributed by atoms with Crippen LogP contribution in [0.5, 0.6) is 5.75 Å². The Hall–Kier alpha value is -2.87. The van der Waals surface area contributed by atoms with Gasteiger partial charge in [0.1, 0.15) is 12.3 Å². The molecule has 1 saturated heterocycles. The lowest BCUT2D eigenvalue weighted by atomic mass is 10.2. The Morgan fingerprint density at radius 1 is 1.33 bits per heavy atom. The van der Waals surface area contributed by atoms with Crippen LogP contribution in [-0.2, 0) is 16.1 Å². The Balaban J connectivity index is 1.77. The molecule has 2 heterocycles. The molecule has 0 saturated carbocycles. The van der Waals surface area contributed by atoms with Crippen LogP contribution in [-0.4, -0.2) is 66.0 Å². The van der Waals surface area contributed by atoms with Crippen LogP contribution >= 0.6 is 0 Å². The van der Waals surface area contributed by atoms with Crippen molar-refractivity contribution in [1.82, 2.24) is 14.8 Å². The normalized spacial score (nSPS) is 17.4. The van der Waals surface area contributed by atoms with Gasteiger partial charge in [-0.05, 0) is 30.5 Å². The number of aromatic nitrogens is 1. The number of carbonyl (C=O) groups excluding carboxylic acids is 2. The number of amides is 2. The van der Waals surface area contributed by atoms with Crippen molar-refractivity contribution < 1.29 is 23.5 Å². The van der Waals surface area contributed by atoms with Crippen LogP contribution in [0.2, 0.25) is 0 Å². The van der Waals surface area contributed by atoms with Crippen molar-refractivity contribution in [3.8, 4) is 5.75 Å². The molecule has 2 aromatic rings. The maximum Gasteiger partial charge on any atom is 0.292 e. The van der Waals surface area contributed by atoms with Crippen molar-refractivity contribution in [2.75, 3.05) is 33.3 Å². The summed E-state index contributed by atoms with van der Waals surface area (Å²) >= 11 is 0. The minimum Gasteiger partial charge on any atom is -0.497 e. The lowest BCUT2D eigenvalue weighted by molar-refractivity contribution is -0.132. The molecule has 1 aliphatic rings. The zero-order chi connectivity index (χ0) is 21.7. The van der Waals surface area contributed by atoms with Crippen LogP contribution in [0.25, 0.3) is 0 Å². The molecule has 8 nitrogen and oxygen atoms in total. The van der Waals surface area contributed by atoms with Gasteiger partial charge < -0.3 is 23.7 Å². The molecular formula is C22H29N3O5. The Labute approximate surface area is 176 Å². The second kappa shape index (κ2) is 9.75. The number of benzene rings is 1. The van der Waals surface area contributed by atoms with Gasteiger partial charge in [0.15, 0.2) is 6.39 Å². The first-order chi connectivity index (χ1) is 14.4. The van der Waals surface area contributed by atoms with Crippen LogP contribution in [0.3, 0.4) is 0 Å². The molecular weight excluding hydrogens is 386 g/mol. The minimum absolute atomic E-state index is 0.00921. The molecule has 3 rings (SSSR count). The molecule has 1 unspecified atom stereocenters. The van der Waals surface area contributed by atoms with Crippen LogP contribution in [0.15, 0.2) is 35.1 Å². The second-order valence-corrected chi connectivity index (χ2v) is 7.93. The number of hydrogen-bond acceptors (Lipinski definition) is 6. The SMILES string of the molecule is COc1cccc(COC2CN(CC(C)C)C(=O)CN(C(=O)c3ocnc3C)C2)c1. The molecule has 8 heteroatoms. The van der Waals surface area contributed by atoms with Gasteiger partial charge in [0, 0.05) is 19.6 Å². The van der Waals surface area contributed by atoms with E-state index >= 15 is 0 Å². The Bertz CT molecular complexity index is 879. The number of carbonyl (C=O) groups is 2. The number of oxazole rings is 1. The van der Waals surface area contributed by atoms with Crippen molar-refractivity contribution >= 4 is 11.8 Å². The van der Waals surface area contributed by atoms with Gasteiger partial charge in [-0.15, -0.1) is 0 Å². The van der Waals surface area contributed by atoms with Gasteiger partial charge in [-0.25, -0.2) is 4.98 Å². The van der Waals surface area contributed by atoms with Gasteiger partial charge in [-0.1, -0.05) is 26.0 Å². The molecule has 1 aromatic heterocycles. The first-order valence-corrected chi connectivity index (χ1v) is 10.1. The van der Waals surface area contributed by atoms with Gasteiger partial charge in [0.05, 0.1) is 25.5 Å². The fraction of sp³-hybridized carbons (Fsp3) is 0.500. The van der Waals surface area contributed by atoms with Crippen LogP contribution in [0.1, 0.15) is 35.7 Å². The molecule has 1 fully saturated rings. The van der Waals surface area contributed by atoms with Crippen molar-refractivity contribution in [3.63, 3.8) is 0 Å². The average Bonchev–Trinajstić information content (AvgIpc) is 3.08. The molecule has 2 amide bonds. The number of nitrogens with zero attached hydrogens (tertiary/aromatic N) is 3. The predicted molar refractivity (Wildman–Crippen MR) is 110 cm³/mol. The number of ether oxygens (including phenoxy) is 2. The standard InChI is InChI=1S/C22H29N3O5/c1-15(2)9-24-10-19(29-13-17-6-5-7-18(8-17)28-4)11-25(12-20(24)26)22(27)21-16(3)23-14-30-21/h5-8,14-15,19H,9-13H2,1-4H3. The van der Waals surface area contributed by atoms with E-state index in [2.05, 4.69) is 18.8 Å². The van der Waals surface area contributed by atoms with Crippen LogP contribution in [0.4, 0.5) is 0 Å². The average molecular weight is 415 g/mol. The fourth-order valence-corrected chi connectivity index (χ4v) is 3.48. The third kappa shape index (κ3) is 5.38. The summed E-state index contributed by atoms with van der Waals surface area (Å²) in [6, 6.07) is 7.64. The molecule has 0 N–H and O–H groups in total. The Morgan fingerprint density at radius 3 is 2.80 bits per heavy atom. The van der Waals surface area contributed by atoms with Gasteiger partial charge in [-0.3, -0.25) is 9.59 Å². The van der Waals surface area contributed by atoms with E-state index in [1.165, 1.54) is 11.3 Å². The van der Waals surface area contributed by atoms with E-state index in [0.717, 1.165) is 11.3 Å². The van der Waals surface area contributed by atoms with E-state index in [4.69, 9.17) is 13.9 Å². The van der Waals surface area contributed by atoms with Crippen molar-refractivity contribution in [2.24, 2.45) is 5.92 Å². The fourth-order valence-electron chi connectivity index (χ4n) is 3.48. The smallest absolute Gasteiger partial charge is 0.292 e. The summed E-state index contributed by atoms with van der Waals surface area (Å²) in [5.41, 5.74) is 1.47. The molecule has 1 aromatic carbocycles. The quantitative estimate of drug-likeness (QED) is 0.691. The first-order valence-electron chi connectivity index (χ1n) is 10.1. The van der Waals surface area contributed by atoms with E-state index in [1.54, 1.807) is 18.9 Å². The molecule has 1 atom stereocenters. The number of rotatable bonds is 7. The molecule has 162 valence electrons. The molecule has 0 spiro atoms. The Morgan fingerprint density at radius 2 is 2.13 bits per heavy atom. The molecule has 0 aliphatic carbocycles. The van der Waals surface area contributed by atoms with Crippen molar-refractivity contribution in [2.45, 2.75) is 33.5 Å². The van der Waals surface area contributed by atoms with Gasteiger partial charge in [0.2, 0.25) is 11.7 Å². The van der Waals surface area contributed by atoms with E-state index in [1.807, 2.05) is 24.3 Å². The van der Waals surface area contributed by atoms with Crippen LogP contribution in [0, 0.1) is 12.8 Å². The monoisotopic (exact) mass is 415 g/mol. The predicted octanol–water partition coefficient (Wildman–Crippen LogP) is 2.52. The molecule has 0 radical (unpaired) electrons. The largest absolute Gasteiger partial charge is 0.497 e. The maximum absolute atomic E-state index is 13.0. The number of methoxy groups -OCH3 is 1. The Kier molecular flexibility index (Phi) is 7.10. The topological polar surface area (TPSA) is 85.1 Å². The van der Waals surface area contributed by atoms with Crippen LogP contribution < -0.4 is 4.74 Å². The van der Waals surface area contributed by atoms with E-state index in [9.17, 15) is 9.59 Å². The van der Waals surface area contributed by atoms with E-state index in [0.29, 0.717) is 37.9 Å². The van der Waals surface area contributed by atoms with E-state index in [-0.39, 0.29) is 30.2 Å². The molecule has 30 heavy (non-hydrogen) atoms. The highest BCUT2D eigenvalue weighted by molar-refractivity contribution is 5.95. The summed E-state index contributed by atoms with van der Waals surface area (Å²) in [7, 11) is 1.62. The molecule has 0 bridgehead atoms. The summed E-state index contributed by atoms with van der Waals surface area (Å²) in [6.07, 6.45) is 0.915. The summed E-state index contributed by atoms with van der Waals surface area (Å²) in [6.45, 7) is 7.51. The lowest BCUT2D eigenvalue weighted by Crippen LogP contribution is -2.40. The molecule has 1 aliphatic heterocycles.